The van der Waals surface area contributed by atoms with E-state index in [0.717, 1.165) is 34.3 Å². The third-order valence-electron chi connectivity index (χ3n) is 5.27. The Bertz CT molecular complexity index is 1280. The first kappa shape index (κ1) is 24.4. The van der Waals surface area contributed by atoms with E-state index in [4.69, 9.17) is 9.40 Å². The van der Waals surface area contributed by atoms with Crippen LogP contribution in [0.5, 0.6) is 0 Å². The molecule has 2 heterocycles. The van der Waals surface area contributed by atoms with E-state index in [1.54, 1.807) is 23.1 Å². The highest BCUT2D eigenvalue weighted by molar-refractivity contribution is 9.10. The van der Waals surface area contributed by atoms with Crippen LogP contribution in [-0.4, -0.2) is 46.5 Å². The number of carbonyl (C=O) groups is 1. The summed E-state index contributed by atoms with van der Waals surface area (Å²) in [6.45, 7) is 7.11. The largest absolute Gasteiger partial charge is 0.420 e. The fourth-order valence-corrected chi connectivity index (χ4v) is 5.06. The maximum atomic E-state index is 13.4. The standard InChI is InChI=1S/C22H23BrN4O3S.ClH/c1-3-25(4-2)11-12-26(21-24-16-10-9-15(23)13-19(16)31-21)20(28)14-27-17-7-5-6-8-18(17)30-22(27)29;/h5-10,13H,3-4,11-12,14H2,1-2H3;1H. The summed E-state index contributed by atoms with van der Waals surface area (Å²) < 4.78 is 8.63. The molecule has 32 heavy (non-hydrogen) atoms. The molecule has 4 rings (SSSR count). The van der Waals surface area contributed by atoms with Crippen molar-refractivity contribution in [2.24, 2.45) is 0 Å². The summed E-state index contributed by atoms with van der Waals surface area (Å²) in [6.07, 6.45) is 0. The van der Waals surface area contributed by atoms with Crippen LogP contribution in [0.15, 0.2) is 56.1 Å². The van der Waals surface area contributed by atoms with Gasteiger partial charge in [-0.3, -0.25) is 14.3 Å². The van der Waals surface area contributed by atoms with Crippen LogP contribution in [0.2, 0.25) is 0 Å². The first-order valence-corrected chi connectivity index (χ1v) is 11.8. The van der Waals surface area contributed by atoms with Gasteiger partial charge in [0.15, 0.2) is 10.7 Å². The number of carbonyl (C=O) groups excluding carboxylic acids is 1. The van der Waals surface area contributed by atoms with Crippen molar-refractivity contribution in [2.45, 2.75) is 20.4 Å². The fraction of sp³-hybridized carbons (Fsp3) is 0.318. The van der Waals surface area contributed by atoms with Crippen LogP contribution in [0, 0.1) is 0 Å². The maximum absolute atomic E-state index is 13.4. The summed E-state index contributed by atoms with van der Waals surface area (Å²) >= 11 is 4.96. The van der Waals surface area contributed by atoms with Crippen molar-refractivity contribution < 1.29 is 9.21 Å². The molecule has 7 nitrogen and oxygen atoms in total. The van der Waals surface area contributed by atoms with E-state index in [1.165, 1.54) is 15.9 Å². The van der Waals surface area contributed by atoms with Crippen molar-refractivity contribution in [1.29, 1.82) is 0 Å². The van der Waals surface area contributed by atoms with Gasteiger partial charge < -0.3 is 9.32 Å². The van der Waals surface area contributed by atoms with E-state index in [9.17, 15) is 9.59 Å². The second kappa shape index (κ2) is 10.6. The van der Waals surface area contributed by atoms with Gasteiger partial charge in [0.05, 0.1) is 15.7 Å². The Balaban J connectivity index is 0.00000289. The van der Waals surface area contributed by atoms with Gasteiger partial charge in [-0.2, -0.15) is 0 Å². The predicted molar refractivity (Wildman–Crippen MR) is 135 cm³/mol. The smallest absolute Gasteiger partial charge is 0.408 e. The zero-order valence-electron chi connectivity index (χ0n) is 17.8. The van der Waals surface area contributed by atoms with Gasteiger partial charge in [0.2, 0.25) is 5.91 Å². The number of amides is 1. The van der Waals surface area contributed by atoms with Crippen molar-refractivity contribution in [1.82, 2.24) is 14.5 Å². The Morgan fingerprint density at radius 3 is 2.66 bits per heavy atom. The number of benzene rings is 2. The van der Waals surface area contributed by atoms with Crippen molar-refractivity contribution in [3.05, 3.63) is 57.5 Å². The predicted octanol–water partition coefficient (Wildman–Crippen LogP) is 4.76. The highest BCUT2D eigenvalue weighted by Crippen LogP contribution is 2.31. The van der Waals surface area contributed by atoms with Crippen LogP contribution >= 0.6 is 39.7 Å². The Hall–Kier alpha value is -2.20. The lowest BCUT2D eigenvalue weighted by Crippen LogP contribution is -2.41. The Kier molecular flexibility index (Phi) is 8.10. The summed E-state index contributed by atoms with van der Waals surface area (Å²) in [5.41, 5.74) is 1.92. The number of halogens is 2. The monoisotopic (exact) mass is 538 g/mol. The van der Waals surface area contributed by atoms with Gasteiger partial charge in [0.1, 0.15) is 6.54 Å². The lowest BCUT2D eigenvalue weighted by atomic mass is 10.3. The van der Waals surface area contributed by atoms with E-state index in [0.29, 0.717) is 22.8 Å². The van der Waals surface area contributed by atoms with Crippen LogP contribution < -0.4 is 10.7 Å². The molecule has 2 aromatic heterocycles. The average molecular weight is 540 g/mol. The number of para-hydroxylation sites is 2. The zero-order valence-corrected chi connectivity index (χ0v) is 21.0. The quantitative estimate of drug-likeness (QED) is 0.323. The molecule has 0 N–H and O–H groups in total. The van der Waals surface area contributed by atoms with Gasteiger partial charge in [0.25, 0.3) is 0 Å². The van der Waals surface area contributed by atoms with Gasteiger partial charge in [-0.05, 0) is 43.4 Å². The second-order valence-corrected chi connectivity index (χ2v) is 9.03. The first-order chi connectivity index (χ1) is 15.0. The summed E-state index contributed by atoms with van der Waals surface area (Å²) in [7, 11) is 0. The number of fused-ring (bicyclic) bond motifs is 2. The first-order valence-electron chi connectivity index (χ1n) is 10.2. The third kappa shape index (κ3) is 5.06. The van der Waals surface area contributed by atoms with Crippen LogP contribution in [0.3, 0.4) is 0 Å². The molecule has 170 valence electrons. The van der Waals surface area contributed by atoms with Crippen molar-refractivity contribution in [2.75, 3.05) is 31.1 Å². The highest BCUT2D eigenvalue weighted by atomic mass is 79.9. The van der Waals surface area contributed by atoms with Gasteiger partial charge in [-0.1, -0.05) is 53.2 Å². The zero-order chi connectivity index (χ0) is 22.0. The van der Waals surface area contributed by atoms with Gasteiger partial charge in [-0.25, -0.2) is 9.78 Å². The van der Waals surface area contributed by atoms with E-state index in [2.05, 4.69) is 34.7 Å². The molecule has 1 amide bonds. The summed E-state index contributed by atoms with van der Waals surface area (Å²) in [5.74, 6) is -0.731. The summed E-state index contributed by atoms with van der Waals surface area (Å²) in [4.78, 5) is 34.4. The molecule has 0 aliphatic rings. The average Bonchev–Trinajstić information content (AvgIpc) is 3.31. The summed E-state index contributed by atoms with van der Waals surface area (Å²) in [5, 5.41) is 0.631. The van der Waals surface area contributed by atoms with Crippen LogP contribution in [0.25, 0.3) is 21.3 Å². The van der Waals surface area contributed by atoms with Gasteiger partial charge in [0, 0.05) is 17.6 Å². The Morgan fingerprint density at radius 2 is 1.91 bits per heavy atom. The van der Waals surface area contributed by atoms with Crippen LogP contribution in [0.1, 0.15) is 13.8 Å². The Labute approximate surface area is 204 Å². The van der Waals surface area contributed by atoms with Crippen molar-refractivity contribution >= 4 is 72.0 Å². The van der Waals surface area contributed by atoms with Crippen molar-refractivity contribution in [3.8, 4) is 0 Å². The molecule has 0 aliphatic heterocycles. The van der Waals surface area contributed by atoms with E-state index < -0.39 is 5.76 Å². The molecule has 10 heteroatoms. The number of rotatable bonds is 8. The Morgan fingerprint density at radius 1 is 1.16 bits per heavy atom. The molecule has 0 saturated carbocycles. The number of nitrogens with zero attached hydrogens (tertiary/aromatic N) is 4. The molecule has 0 aliphatic carbocycles. The normalized spacial score (nSPS) is 11.2. The molecular formula is C22H24BrClN4O3S. The molecule has 0 radical (unpaired) electrons. The molecule has 0 fully saturated rings. The molecule has 2 aromatic carbocycles. The molecule has 0 atom stereocenters. The number of oxazole rings is 1. The molecule has 0 bridgehead atoms. The third-order valence-corrected chi connectivity index (χ3v) is 6.81. The molecular weight excluding hydrogens is 516 g/mol. The number of likely N-dealkylation sites (N-methyl/N-ethyl adjacent to an activating group) is 1. The highest BCUT2D eigenvalue weighted by Gasteiger charge is 2.23. The summed E-state index contributed by atoms with van der Waals surface area (Å²) in [6, 6.07) is 13.0. The lowest BCUT2D eigenvalue weighted by molar-refractivity contribution is -0.119. The molecule has 4 aromatic rings. The van der Waals surface area contributed by atoms with Gasteiger partial charge in [-0.15, -0.1) is 12.4 Å². The molecule has 0 spiro atoms. The van der Waals surface area contributed by atoms with Crippen LogP contribution in [-0.2, 0) is 11.3 Å². The van der Waals surface area contributed by atoms with Gasteiger partial charge >= 0.3 is 5.76 Å². The minimum Gasteiger partial charge on any atom is -0.408 e. The fourth-order valence-electron chi connectivity index (χ4n) is 3.49. The number of hydrogen-bond acceptors (Lipinski definition) is 6. The molecule has 0 saturated heterocycles. The van der Waals surface area contributed by atoms with E-state index in [-0.39, 0.29) is 24.9 Å². The number of thiazole rings is 1. The topological polar surface area (TPSA) is 71.6 Å². The maximum Gasteiger partial charge on any atom is 0.420 e. The molecule has 0 unspecified atom stereocenters. The lowest BCUT2D eigenvalue weighted by Gasteiger charge is -2.24. The van der Waals surface area contributed by atoms with E-state index in [1.807, 2.05) is 24.3 Å². The number of aromatic nitrogens is 2. The number of hydrogen-bond donors (Lipinski definition) is 0. The minimum atomic E-state index is -0.536. The number of anilines is 1. The second-order valence-electron chi connectivity index (χ2n) is 7.10. The van der Waals surface area contributed by atoms with E-state index >= 15 is 0 Å². The minimum absolute atomic E-state index is 0. The van der Waals surface area contributed by atoms with Crippen LogP contribution in [0.4, 0.5) is 5.13 Å². The SMILES string of the molecule is CCN(CC)CCN(C(=O)Cn1c(=O)oc2ccccc21)c1nc2ccc(Br)cc2s1.Cl. The van der Waals surface area contributed by atoms with Crippen molar-refractivity contribution in [3.63, 3.8) is 0 Å².